The molecular weight excluding hydrogens is 186 g/mol. The van der Waals surface area contributed by atoms with Crippen molar-refractivity contribution in [2.75, 3.05) is 19.8 Å². The summed E-state index contributed by atoms with van der Waals surface area (Å²) in [6.45, 7) is -2.76. The van der Waals surface area contributed by atoms with Crippen LogP contribution in [0.5, 0.6) is 0 Å². The highest BCUT2D eigenvalue weighted by atomic mass is 16.9. The molecule has 0 aromatic rings. The zero-order valence-electron chi connectivity index (χ0n) is 6.54. The first-order chi connectivity index (χ1) is 5.98. The Balaban J connectivity index is 4.39. The van der Waals surface area contributed by atoms with E-state index in [0.29, 0.717) is 0 Å². The van der Waals surface area contributed by atoms with Gasteiger partial charge in [-0.05, 0) is 0 Å². The molecule has 0 rings (SSSR count). The molecule has 0 radical (unpaired) electrons. The molecule has 0 aliphatic rings. The maximum Gasteiger partial charge on any atom is 0.316 e. The number of carbonyl (C=O) groups is 1. The van der Waals surface area contributed by atoms with E-state index in [-0.39, 0.29) is 0 Å². The topological polar surface area (TPSA) is 130 Å². The van der Waals surface area contributed by atoms with Crippen molar-refractivity contribution < 1.29 is 30.0 Å². The summed E-state index contributed by atoms with van der Waals surface area (Å²) in [5.41, 5.74) is -2.02. The van der Waals surface area contributed by atoms with Crippen LogP contribution >= 0.6 is 0 Å². The van der Waals surface area contributed by atoms with Crippen molar-refractivity contribution in [2.24, 2.45) is 5.41 Å². The molecule has 8 heteroatoms. The Morgan fingerprint density at radius 2 is 1.92 bits per heavy atom. The highest BCUT2D eigenvalue weighted by Crippen LogP contribution is 2.16. The summed E-state index contributed by atoms with van der Waals surface area (Å²) >= 11 is 0. The SMILES string of the molecule is O=C(O)C(CO)(CO)CO[N+](=O)[O-]. The van der Waals surface area contributed by atoms with Crippen molar-refractivity contribution in [1.29, 1.82) is 0 Å². The fraction of sp³-hybridized carbons (Fsp3) is 0.800. The van der Waals surface area contributed by atoms with Crippen molar-refractivity contribution >= 4 is 5.97 Å². The predicted molar refractivity (Wildman–Crippen MR) is 37.2 cm³/mol. The van der Waals surface area contributed by atoms with E-state index in [9.17, 15) is 14.9 Å². The quantitative estimate of drug-likeness (QED) is 0.338. The van der Waals surface area contributed by atoms with E-state index in [1.807, 2.05) is 0 Å². The first-order valence-electron chi connectivity index (χ1n) is 3.21. The van der Waals surface area contributed by atoms with Crippen LogP contribution in [-0.4, -0.2) is 46.2 Å². The molecule has 0 unspecified atom stereocenters. The molecule has 0 atom stereocenters. The number of rotatable bonds is 6. The fourth-order valence-electron chi connectivity index (χ4n) is 0.515. The molecule has 0 aliphatic heterocycles. The third-order valence-corrected chi connectivity index (χ3v) is 1.51. The van der Waals surface area contributed by atoms with Crippen LogP contribution < -0.4 is 0 Å². The van der Waals surface area contributed by atoms with Gasteiger partial charge in [0.05, 0.1) is 13.2 Å². The van der Waals surface area contributed by atoms with Crippen LogP contribution in [-0.2, 0) is 9.63 Å². The Kier molecular flexibility index (Phi) is 4.08. The number of hydrogen-bond donors (Lipinski definition) is 3. The zero-order chi connectivity index (χ0) is 10.5. The van der Waals surface area contributed by atoms with Crippen LogP contribution in [0.1, 0.15) is 0 Å². The van der Waals surface area contributed by atoms with E-state index in [2.05, 4.69) is 4.84 Å². The highest BCUT2D eigenvalue weighted by Gasteiger charge is 2.39. The van der Waals surface area contributed by atoms with E-state index in [1.165, 1.54) is 0 Å². The highest BCUT2D eigenvalue weighted by molar-refractivity contribution is 5.75. The summed E-state index contributed by atoms with van der Waals surface area (Å²) in [5, 5.41) is 34.3. The zero-order valence-corrected chi connectivity index (χ0v) is 6.54. The summed E-state index contributed by atoms with van der Waals surface area (Å²) in [6, 6.07) is 0. The van der Waals surface area contributed by atoms with Gasteiger partial charge in [-0.25, -0.2) is 0 Å². The van der Waals surface area contributed by atoms with Crippen molar-refractivity contribution in [3.8, 4) is 0 Å². The van der Waals surface area contributed by atoms with Crippen LogP contribution in [0.2, 0.25) is 0 Å². The largest absolute Gasteiger partial charge is 0.481 e. The van der Waals surface area contributed by atoms with E-state index < -0.39 is 36.3 Å². The van der Waals surface area contributed by atoms with Crippen molar-refractivity contribution in [1.82, 2.24) is 0 Å². The Bertz CT molecular complexity index is 199. The summed E-state index contributed by atoms with van der Waals surface area (Å²) in [7, 11) is 0. The second-order valence-electron chi connectivity index (χ2n) is 2.40. The van der Waals surface area contributed by atoms with Gasteiger partial charge in [0, 0.05) is 0 Å². The minimum atomic E-state index is -2.02. The molecule has 0 aromatic carbocycles. The lowest BCUT2D eigenvalue weighted by Gasteiger charge is -2.22. The molecule has 13 heavy (non-hydrogen) atoms. The van der Waals surface area contributed by atoms with Crippen LogP contribution in [0, 0.1) is 15.5 Å². The maximum absolute atomic E-state index is 10.5. The minimum Gasteiger partial charge on any atom is -0.481 e. The predicted octanol–water partition coefficient (Wildman–Crippen LogP) is -1.75. The average Bonchev–Trinajstić information content (AvgIpc) is 2.06. The summed E-state index contributed by atoms with van der Waals surface area (Å²) in [4.78, 5) is 24.0. The Hall–Kier alpha value is -1.41. The molecular formula is C5H9NO7. The summed E-state index contributed by atoms with van der Waals surface area (Å²) in [5.74, 6) is -1.56. The number of aliphatic hydroxyl groups excluding tert-OH is 2. The lowest BCUT2D eigenvalue weighted by molar-refractivity contribution is -0.760. The molecule has 76 valence electrons. The number of aliphatic hydroxyl groups is 2. The second kappa shape index (κ2) is 4.58. The normalized spacial score (nSPS) is 10.9. The molecule has 0 fully saturated rings. The van der Waals surface area contributed by atoms with Gasteiger partial charge in [-0.3, -0.25) is 4.79 Å². The molecule has 0 spiro atoms. The Morgan fingerprint density at radius 1 is 1.46 bits per heavy atom. The standard InChI is InChI=1S/C5H9NO7/c7-1-5(2-8,4(9)10)3-13-6(11)12/h7-8H,1-3H2,(H,9,10). The van der Waals surface area contributed by atoms with E-state index in [4.69, 9.17) is 15.3 Å². The third kappa shape index (κ3) is 2.84. The van der Waals surface area contributed by atoms with Gasteiger partial charge in [0.15, 0.2) is 0 Å². The number of nitrogens with zero attached hydrogens (tertiary/aromatic N) is 1. The molecule has 0 bridgehead atoms. The van der Waals surface area contributed by atoms with Gasteiger partial charge in [0.1, 0.15) is 12.0 Å². The first-order valence-corrected chi connectivity index (χ1v) is 3.21. The Morgan fingerprint density at radius 3 is 2.15 bits per heavy atom. The summed E-state index contributed by atoms with van der Waals surface area (Å²) < 4.78 is 0. The van der Waals surface area contributed by atoms with Gasteiger partial charge in [0.2, 0.25) is 0 Å². The van der Waals surface area contributed by atoms with Crippen molar-refractivity contribution in [3.05, 3.63) is 10.1 Å². The van der Waals surface area contributed by atoms with Crippen LogP contribution in [0.25, 0.3) is 0 Å². The number of hydrogen-bond acceptors (Lipinski definition) is 6. The average molecular weight is 195 g/mol. The van der Waals surface area contributed by atoms with Gasteiger partial charge >= 0.3 is 5.97 Å². The Labute approximate surface area is 72.5 Å². The molecule has 3 N–H and O–H groups in total. The monoisotopic (exact) mass is 195 g/mol. The van der Waals surface area contributed by atoms with E-state index in [1.54, 1.807) is 0 Å². The van der Waals surface area contributed by atoms with Gasteiger partial charge in [-0.1, -0.05) is 0 Å². The third-order valence-electron chi connectivity index (χ3n) is 1.51. The van der Waals surface area contributed by atoms with Gasteiger partial charge in [-0.2, -0.15) is 0 Å². The number of carboxylic acid groups (broad SMARTS) is 1. The summed E-state index contributed by atoms with van der Waals surface area (Å²) in [6.07, 6.45) is 0. The second-order valence-corrected chi connectivity index (χ2v) is 2.40. The molecule has 8 nitrogen and oxygen atoms in total. The smallest absolute Gasteiger partial charge is 0.316 e. The lowest BCUT2D eigenvalue weighted by Crippen LogP contribution is -2.43. The van der Waals surface area contributed by atoms with Crippen molar-refractivity contribution in [3.63, 3.8) is 0 Å². The van der Waals surface area contributed by atoms with Crippen LogP contribution in [0.15, 0.2) is 0 Å². The molecule has 0 aromatic heterocycles. The van der Waals surface area contributed by atoms with E-state index >= 15 is 0 Å². The van der Waals surface area contributed by atoms with Crippen molar-refractivity contribution in [2.45, 2.75) is 0 Å². The van der Waals surface area contributed by atoms with Gasteiger partial charge < -0.3 is 20.2 Å². The maximum atomic E-state index is 10.5. The van der Waals surface area contributed by atoms with Gasteiger partial charge in [-0.15, -0.1) is 10.1 Å². The molecule has 0 saturated carbocycles. The van der Waals surface area contributed by atoms with Crippen LogP contribution in [0.4, 0.5) is 0 Å². The molecule has 0 aliphatic carbocycles. The number of carboxylic acids is 1. The molecule has 0 amide bonds. The first kappa shape index (κ1) is 11.6. The minimum absolute atomic E-state index is 0.887. The number of aliphatic carboxylic acids is 1. The molecule has 0 heterocycles. The lowest BCUT2D eigenvalue weighted by atomic mass is 9.92. The van der Waals surface area contributed by atoms with Crippen LogP contribution in [0.3, 0.4) is 0 Å². The molecule has 0 saturated heterocycles. The van der Waals surface area contributed by atoms with E-state index in [0.717, 1.165) is 0 Å². The van der Waals surface area contributed by atoms with Gasteiger partial charge in [0.25, 0.3) is 5.09 Å². The fourth-order valence-corrected chi connectivity index (χ4v) is 0.515.